The predicted octanol–water partition coefficient (Wildman–Crippen LogP) is 7.51. The van der Waals surface area contributed by atoms with Crippen LogP contribution in [0, 0.1) is 5.82 Å². The molecule has 0 saturated heterocycles. The number of halogens is 5. The van der Waals surface area contributed by atoms with Crippen molar-refractivity contribution in [3.05, 3.63) is 83.3 Å². The van der Waals surface area contributed by atoms with Gasteiger partial charge in [0.25, 0.3) is 5.95 Å². The van der Waals surface area contributed by atoms with Gasteiger partial charge in [0.2, 0.25) is 0 Å². The maximum atomic E-state index is 14.1. The molecule has 0 amide bonds. The highest BCUT2D eigenvalue weighted by molar-refractivity contribution is 6.35. The van der Waals surface area contributed by atoms with Gasteiger partial charge in [0.15, 0.2) is 28.7 Å². The topological polar surface area (TPSA) is 80.5 Å². The Balaban J connectivity index is 1.81. The van der Waals surface area contributed by atoms with Gasteiger partial charge in [0.05, 0.1) is 44.8 Å². The van der Waals surface area contributed by atoms with Crippen LogP contribution in [0.3, 0.4) is 0 Å². The molecule has 0 aliphatic carbocycles. The molecule has 0 fully saturated rings. The summed E-state index contributed by atoms with van der Waals surface area (Å²) >= 11 is 6.94. The third kappa shape index (κ3) is 5.78. The Kier molecular flexibility index (Phi) is 8.14. The SMILES string of the molecule is COc1ccc(-c2nn(-c3nc(-c4ccc(F)cc4)cc(C(F)(F)F)n3)c(-c3ccc(OC)c(OC)c3)c2Cl)cc1OC. The molecule has 0 N–H and O–H groups in total. The summed E-state index contributed by atoms with van der Waals surface area (Å²) in [4.78, 5) is 8.22. The molecule has 2 heterocycles. The molecule has 0 atom stereocenters. The normalized spacial score (nSPS) is 11.4. The molecule has 13 heteroatoms. The molecule has 3 aromatic carbocycles. The Bertz CT molecular complexity index is 1790. The average Bonchev–Trinajstić information content (AvgIpc) is 3.36. The summed E-state index contributed by atoms with van der Waals surface area (Å²) in [6, 6.07) is 15.5. The highest BCUT2D eigenvalue weighted by atomic mass is 35.5. The second kappa shape index (κ2) is 11.8. The maximum absolute atomic E-state index is 14.1. The molecule has 0 saturated carbocycles. The predicted molar refractivity (Wildman–Crippen MR) is 152 cm³/mol. The van der Waals surface area contributed by atoms with E-state index in [9.17, 15) is 17.6 Å². The van der Waals surface area contributed by atoms with Crippen molar-refractivity contribution in [1.82, 2.24) is 19.7 Å². The minimum atomic E-state index is -4.83. The summed E-state index contributed by atoms with van der Waals surface area (Å²) in [5.74, 6) is 0.617. The van der Waals surface area contributed by atoms with Gasteiger partial charge < -0.3 is 18.9 Å². The lowest BCUT2D eigenvalue weighted by molar-refractivity contribution is -0.141. The zero-order chi connectivity index (χ0) is 30.9. The van der Waals surface area contributed by atoms with Crippen LogP contribution in [0.1, 0.15) is 5.69 Å². The molecule has 5 rings (SSSR count). The minimum absolute atomic E-state index is 0.0868. The molecule has 0 radical (unpaired) electrons. The number of benzene rings is 3. The average molecular weight is 615 g/mol. The van der Waals surface area contributed by atoms with E-state index in [1.54, 1.807) is 36.4 Å². The number of aromatic nitrogens is 4. The van der Waals surface area contributed by atoms with Gasteiger partial charge in [0.1, 0.15) is 11.5 Å². The molecule has 0 aliphatic heterocycles. The van der Waals surface area contributed by atoms with Gasteiger partial charge in [-0.3, -0.25) is 0 Å². The lowest BCUT2D eigenvalue weighted by atomic mass is 10.1. The molecule has 43 heavy (non-hydrogen) atoms. The fourth-order valence-electron chi connectivity index (χ4n) is 4.39. The molecule has 0 spiro atoms. The number of methoxy groups -OCH3 is 4. The van der Waals surface area contributed by atoms with Gasteiger partial charge in [0, 0.05) is 16.7 Å². The van der Waals surface area contributed by atoms with Crippen molar-refractivity contribution in [3.63, 3.8) is 0 Å². The standard InChI is InChI=1S/C30H23ClF4N4O4/c1-40-21-11-7-17(13-23(21)42-3)27-26(31)28(18-8-12-22(41-2)24(14-18)43-4)39(38-27)29-36-20(15-25(37-29)30(33,34)35)16-5-9-19(32)10-6-16/h5-15H,1-4H3. The Hall–Kier alpha value is -4.84. The van der Waals surface area contributed by atoms with Gasteiger partial charge in [-0.15, -0.1) is 0 Å². The monoisotopic (exact) mass is 614 g/mol. The zero-order valence-corrected chi connectivity index (χ0v) is 23.9. The van der Waals surface area contributed by atoms with Crippen molar-refractivity contribution in [1.29, 1.82) is 0 Å². The summed E-state index contributed by atoms with van der Waals surface area (Å²) in [6.07, 6.45) is -4.83. The van der Waals surface area contributed by atoms with Gasteiger partial charge in [-0.25, -0.2) is 14.4 Å². The van der Waals surface area contributed by atoms with Gasteiger partial charge in [-0.05, 0) is 66.7 Å². The third-order valence-corrected chi connectivity index (χ3v) is 6.83. The molecule has 8 nitrogen and oxygen atoms in total. The fraction of sp³-hybridized carbons (Fsp3) is 0.167. The first-order valence-electron chi connectivity index (χ1n) is 12.5. The van der Waals surface area contributed by atoms with Crippen LogP contribution in [0.4, 0.5) is 17.6 Å². The zero-order valence-electron chi connectivity index (χ0n) is 23.2. The molecule has 5 aromatic rings. The van der Waals surface area contributed by atoms with Gasteiger partial charge in [-0.1, -0.05) is 11.6 Å². The Morgan fingerprint density at radius 2 is 1.21 bits per heavy atom. The van der Waals surface area contributed by atoms with Crippen LogP contribution < -0.4 is 18.9 Å². The number of alkyl halides is 3. The van der Waals surface area contributed by atoms with E-state index < -0.39 is 23.6 Å². The summed E-state index contributed by atoms with van der Waals surface area (Å²) in [5.41, 5.74) is 0.194. The van der Waals surface area contributed by atoms with E-state index in [0.717, 1.165) is 22.9 Å². The van der Waals surface area contributed by atoms with Crippen molar-refractivity contribution >= 4 is 11.6 Å². The number of ether oxygens (including phenoxy) is 4. The lowest BCUT2D eigenvalue weighted by Gasteiger charge is -2.13. The Morgan fingerprint density at radius 1 is 0.674 bits per heavy atom. The van der Waals surface area contributed by atoms with E-state index in [1.807, 2.05) is 0 Å². The molecule has 0 unspecified atom stereocenters. The lowest BCUT2D eigenvalue weighted by Crippen LogP contribution is -2.14. The summed E-state index contributed by atoms with van der Waals surface area (Å²) in [5, 5.41) is 4.68. The summed E-state index contributed by atoms with van der Waals surface area (Å²) in [6.45, 7) is 0. The summed E-state index contributed by atoms with van der Waals surface area (Å²) in [7, 11) is 5.86. The van der Waals surface area contributed by atoms with Crippen LogP contribution in [0.15, 0.2) is 66.7 Å². The quantitative estimate of drug-likeness (QED) is 0.167. The van der Waals surface area contributed by atoms with Crippen LogP contribution in [-0.4, -0.2) is 48.2 Å². The van der Waals surface area contributed by atoms with Gasteiger partial charge in [-0.2, -0.15) is 23.0 Å². The largest absolute Gasteiger partial charge is 0.493 e. The molecular weight excluding hydrogens is 592 g/mol. The highest BCUT2D eigenvalue weighted by Gasteiger charge is 2.35. The van der Waals surface area contributed by atoms with E-state index in [1.165, 1.54) is 40.6 Å². The maximum Gasteiger partial charge on any atom is 0.433 e. The third-order valence-electron chi connectivity index (χ3n) is 6.48. The molecule has 0 aliphatic rings. The molecular formula is C30H23ClF4N4O4. The first-order chi connectivity index (χ1) is 20.6. The van der Waals surface area contributed by atoms with Crippen LogP contribution in [0.5, 0.6) is 23.0 Å². The van der Waals surface area contributed by atoms with Crippen molar-refractivity contribution < 1.29 is 36.5 Å². The first-order valence-corrected chi connectivity index (χ1v) is 12.9. The first kappa shape index (κ1) is 29.6. The van der Waals surface area contributed by atoms with Crippen LogP contribution >= 0.6 is 11.6 Å². The van der Waals surface area contributed by atoms with E-state index >= 15 is 0 Å². The van der Waals surface area contributed by atoms with E-state index in [2.05, 4.69) is 15.1 Å². The van der Waals surface area contributed by atoms with Crippen molar-refractivity contribution in [2.45, 2.75) is 6.18 Å². The second-order valence-corrected chi connectivity index (χ2v) is 9.38. The molecule has 0 bridgehead atoms. The van der Waals surface area contributed by atoms with Crippen LogP contribution in [0.2, 0.25) is 5.02 Å². The van der Waals surface area contributed by atoms with Gasteiger partial charge >= 0.3 is 6.18 Å². The van der Waals surface area contributed by atoms with Crippen molar-refractivity contribution in [2.24, 2.45) is 0 Å². The van der Waals surface area contributed by atoms with Crippen molar-refractivity contribution in [3.8, 4) is 62.7 Å². The number of hydrogen-bond donors (Lipinski definition) is 0. The number of hydrogen-bond acceptors (Lipinski definition) is 7. The second-order valence-electron chi connectivity index (χ2n) is 9.01. The number of nitrogens with zero attached hydrogens (tertiary/aromatic N) is 4. The van der Waals surface area contributed by atoms with E-state index in [0.29, 0.717) is 34.1 Å². The van der Waals surface area contributed by atoms with Crippen molar-refractivity contribution in [2.75, 3.05) is 28.4 Å². The fourth-order valence-corrected chi connectivity index (χ4v) is 4.72. The smallest absolute Gasteiger partial charge is 0.433 e. The van der Waals surface area contributed by atoms with E-state index in [4.69, 9.17) is 30.5 Å². The Morgan fingerprint density at radius 3 is 1.77 bits per heavy atom. The molecule has 2 aromatic heterocycles. The molecule has 222 valence electrons. The Labute approximate surface area is 248 Å². The highest BCUT2D eigenvalue weighted by Crippen LogP contribution is 2.42. The summed E-state index contributed by atoms with van der Waals surface area (Å²) < 4.78 is 78.5. The minimum Gasteiger partial charge on any atom is -0.493 e. The number of rotatable bonds is 8. The van der Waals surface area contributed by atoms with Crippen LogP contribution in [-0.2, 0) is 6.18 Å². The van der Waals surface area contributed by atoms with Crippen LogP contribution in [0.25, 0.3) is 39.7 Å². The van der Waals surface area contributed by atoms with E-state index in [-0.39, 0.29) is 27.7 Å².